The fourth-order valence-electron chi connectivity index (χ4n) is 3.86. The van der Waals surface area contributed by atoms with Gasteiger partial charge in [-0.05, 0) is 36.8 Å². The lowest BCUT2D eigenvalue weighted by molar-refractivity contribution is -0.161. The van der Waals surface area contributed by atoms with E-state index in [1.807, 2.05) is 0 Å². The Kier molecular flexibility index (Phi) is 6.38. The molecule has 25 heavy (non-hydrogen) atoms. The normalized spacial score (nSPS) is 21.0. The van der Waals surface area contributed by atoms with Gasteiger partial charge in [-0.2, -0.15) is 13.2 Å². The third kappa shape index (κ3) is 4.67. The highest BCUT2D eigenvalue weighted by Crippen LogP contribution is 2.40. The summed E-state index contributed by atoms with van der Waals surface area (Å²) in [5.41, 5.74) is 0.409. The molecule has 1 N–H and O–H groups in total. The van der Waals surface area contributed by atoms with Crippen LogP contribution in [-0.4, -0.2) is 43.2 Å². The van der Waals surface area contributed by atoms with E-state index in [4.69, 9.17) is 0 Å². The molecule has 2 heterocycles. The predicted molar refractivity (Wildman–Crippen MR) is 92.8 cm³/mol. The van der Waals surface area contributed by atoms with Crippen LogP contribution in [0.15, 0.2) is 30.3 Å². The molecular weight excluding hydrogens is 353 g/mol. The fourth-order valence-corrected chi connectivity index (χ4v) is 3.86. The summed E-state index contributed by atoms with van der Waals surface area (Å²) in [6, 6.07) is 7.73. The Bertz CT molecular complexity index is 563. The van der Waals surface area contributed by atoms with Gasteiger partial charge in [0.2, 0.25) is 5.91 Å². The maximum atomic E-state index is 13.4. The molecule has 1 aromatic rings. The lowest BCUT2D eigenvalue weighted by Crippen LogP contribution is -2.44. The minimum absolute atomic E-state index is 0. The molecule has 2 aliphatic rings. The summed E-state index contributed by atoms with van der Waals surface area (Å²) in [6.07, 6.45) is -2.05. The minimum Gasteiger partial charge on any atom is -0.343 e. The minimum atomic E-state index is -4.41. The summed E-state index contributed by atoms with van der Waals surface area (Å²) in [6.45, 7) is 3.10. The zero-order chi connectivity index (χ0) is 17.2. The molecule has 1 atom stereocenters. The Morgan fingerprint density at radius 3 is 2.32 bits per heavy atom. The molecule has 1 amide bonds. The van der Waals surface area contributed by atoms with Crippen molar-refractivity contribution in [3.05, 3.63) is 35.9 Å². The molecule has 3 nitrogen and oxygen atoms in total. The van der Waals surface area contributed by atoms with Crippen LogP contribution in [-0.2, 0) is 4.79 Å². The van der Waals surface area contributed by atoms with Gasteiger partial charge in [0, 0.05) is 26.1 Å². The molecule has 2 aliphatic heterocycles. The van der Waals surface area contributed by atoms with Crippen molar-refractivity contribution in [2.45, 2.75) is 37.8 Å². The van der Waals surface area contributed by atoms with Crippen molar-refractivity contribution in [2.75, 3.05) is 26.2 Å². The summed E-state index contributed by atoms with van der Waals surface area (Å²) >= 11 is 0. The van der Waals surface area contributed by atoms with Crippen molar-refractivity contribution in [1.29, 1.82) is 0 Å². The van der Waals surface area contributed by atoms with Crippen molar-refractivity contribution in [1.82, 2.24) is 10.2 Å². The number of benzene rings is 1. The molecule has 0 bridgehead atoms. The van der Waals surface area contributed by atoms with Crippen molar-refractivity contribution in [3.63, 3.8) is 0 Å². The number of amides is 1. The lowest BCUT2D eigenvalue weighted by Gasteiger charge is -2.39. The van der Waals surface area contributed by atoms with Crippen LogP contribution < -0.4 is 5.32 Å². The summed E-state index contributed by atoms with van der Waals surface area (Å²) < 4.78 is 40.2. The predicted octanol–water partition coefficient (Wildman–Crippen LogP) is 3.75. The standard InChI is InChI=1S/C18H23F3N2O.ClH/c19-18(20,21)15(14-4-2-1-3-5-14)12-16(24)23-10-7-17(8-11-23)6-9-22-13-17;/h1-5,15,22H,6-13H2;1H. The van der Waals surface area contributed by atoms with Crippen molar-refractivity contribution >= 4 is 18.3 Å². The molecule has 3 rings (SSSR count). The van der Waals surface area contributed by atoms with Crippen LogP contribution in [0.2, 0.25) is 0 Å². The monoisotopic (exact) mass is 376 g/mol. The molecule has 2 fully saturated rings. The Morgan fingerprint density at radius 2 is 1.80 bits per heavy atom. The van der Waals surface area contributed by atoms with E-state index in [0.717, 1.165) is 32.4 Å². The Labute approximate surface area is 152 Å². The van der Waals surface area contributed by atoms with Gasteiger partial charge in [-0.25, -0.2) is 0 Å². The highest BCUT2D eigenvalue weighted by atomic mass is 35.5. The van der Waals surface area contributed by atoms with Crippen molar-refractivity contribution in [3.8, 4) is 0 Å². The highest BCUT2D eigenvalue weighted by molar-refractivity contribution is 5.85. The van der Waals surface area contributed by atoms with Crippen LogP contribution in [0.25, 0.3) is 0 Å². The number of nitrogens with zero attached hydrogens (tertiary/aromatic N) is 1. The summed E-state index contributed by atoms with van der Waals surface area (Å²) in [5.74, 6) is -2.11. The molecule has 1 spiro atoms. The molecular formula is C18H24ClF3N2O. The second-order valence-electron chi connectivity index (χ2n) is 7.02. The largest absolute Gasteiger partial charge is 0.396 e. The number of hydrogen-bond donors (Lipinski definition) is 1. The molecule has 0 aliphatic carbocycles. The number of carbonyl (C=O) groups excluding carboxylic acids is 1. The van der Waals surface area contributed by atoms with E-state index in [-0.39, 0.29) is 29.3 Å². The number of alkyl halides is 3. The maximum Gasteiger partial charge on any atom is 0.396 e. The van der Waals surface area contributed by atoms with Crippen molar-refractivity contribution < 1.29 is 18.0 Å². The number of piperidine rings is 1. The van der Waals surface area contributed by atoms with E-state index < -0.39 is 18.5 Å². The zero-order valence-corrected chi connectivity index (χ0v) is 14.8. The van der Waals surface area contributed by atoms with Crippen LogP contribution in [0.1, 0.15) is 37.2 Å². The number of nitrogens with one attached hydrogen (secondary N) is 1. The molecule has 1 unspecified atom stereocenters. The van der Waals surface area contributed by atoms with E-state index in [0.29, 0.717) is 13.1 Å². The van der Waals surface area contributed by atoms with Gasteiger partial charge in [0.25, 0.3) is 0 Å². The molecule has 0 aromatic heterocycles. The van der Waals surface area contributed by atoms with Gasteiger partial charge in [-0.1, -0.05) is 30.3 Å². The van der Waals surface area contributed by atoms with Crippen LogP contribution in [0, 0.1) is 5.41 Å². The Balaban J connectivity index is 0.00000225. The lowest BCUT2D eigenvalue weighted by atomic mass is 9.77. The van der Waals surface area contributed by atoms with Gasteiger partial charge < -0.3 is 10.2 Å². The summed E-state index contributed by atoms with van der Waals surface area (Å²) in [5, 5.41) is 3.35. The van der Waals surface area contributed by atoms with Gasteiger partial charge in [0.05, 0.1) is 5.92 Å². The average Bonchev–Trinajstić information content (AvgIpc) is 3.01. The molecule has 1 aromatic carbocycles. The van der Waals surface area contributed by atoms with E-state index >= 15 is 0 Å². The van der Waals surface area contributed by atoms with Gasteiger partial charge in [0.1, 0.15) is 0 Å². The molecule has 2 saturated heterocycles. The van der Waals surface area contributed by atoms with E-state index in [2.05, 4.69) is 5.32 Å². The number of likely N-dealkylation sites (tertiary alicyclic amines) is 1. The SMILES string of the molecule is Cl.O=C(CC(c1ccccc1)C(F)(F)F)N1CCC2(CCNC2)CC1. The van der Waals surface area contributed by atoms with Gasteiger partial charge in [0.15, 0.2) is 0 Å². The molecule has 0 saturated carbocycles. The van der Waals surface area contributed by atoms with Crippen LogP contribution in [0.4, 0.5) is 13.2 Å². The third-order valence-corrected chi connectivity index (χ3v) is 5.48. The quantitative estimate of drug-likeness (QED) is 0.871. The summed E-state index contributed by atoms with van der Waals surface area (Å²) in [4.78, 5) is 14.1. The number of halogens is 4. The van der Waals surface area contributed by atoms with Crippen LogP contribution in [0.5, 0.6) is 0 Å². The number of carbonyl (C=O) groups is 1. The van der Waals surface area contributed by atoms with E-state index in [1.54, 1.807) is 23.1 Å². The first-order chi connectivity index (χ1) is 11.4. The topological polar surface area (TPSA) is 32.3 Å². The third-order valence-electron chi connectivity index (χ3n) is 5.48. The molecule has 0 radical (unpaired) electrons. The van der Waals surface area contributed by atoms with Crippen LogP contribution >= 0.6 is 12.4 Å². The zero-order valence-electron chi connectivity index (χ0n) is 14.0. The molecule has 140 valence electrons. The first-order valence-corrected chi connectivity index (χ1v) is 8.50. The summed E-state index contributed by atoms with van der Waals surface area (Å²) in [7, 11) is 0. The first-order valence-electron chi connectivity index (χ1n) is 8.50. The van der Waals surface area contributed by atoms with E-state index in [9.17, 15) is 18.0 Å². The van der Waals surface area contributed by atoms with E-state index in [1.165, 1.54) is 12.1 Å². The van der Waals surface area contributed by atoms with Crippen LogP contribution in [0.3, 0.4) is 0 Å². The maximum absolute atomic E-state index is 13.4. The van der Waals surface area contributed by atoms with Crippen molar-refractivity contribution in [2.24, 2.45) is 5.41 Å². The second kappa shape index (κ2) is 7.96. The highest BCUT2D eigenvalue weighted by Gasteiger charge is 2.44. The average molecular weight is 377 g/mol. The van der Waals surface area contributed by atoms with Gasteiger partial charge in [-0.3, -0.25) is 4.79 Å². The van der Waals surface area contributed by atoms with Gasteiger partial charge in [-0.15, -0.1) is 12.4 Å². The first kappa shape index (κ1) is 20.0. The molecule has 7 heteroatoms. The number of rotatable bonds is 3. The number of hydrogen-bond acceptors (Lipinski definition) is 2. The fraction of sp³-hybridized carbons (Fsp3) is 0.611. The van der Waals surface area contributed by atoms with Gasteiger partial charge >= 0.3 is 6.18 Å². The second-order valence-corrected chi connectivity index (χ2v) is 7.02. The Hall–Kier alpha value is -1.27. The Morgan fingerprint density at radius 1 is 1.16 bits per heavy atom. The smallest absolute Gasteiger partial charge is 0.343 e.